The van der Waals surface area contributed by atoms with Gasteiger partial charge in [0, 0.05) is 12.1 Å². The predicted molar refractivity (Wildman–Crippen MR) is 112 cm³/mol. The molecule has 0 saturated heterocycles. The van der Waals surface area contributed by atoms with Crippen molar-refractivity contribution in [2.75, 3.05) is 7.11 Å². The predicted octanol–water partition coefficient (Wildman–Crippen LogP) is 4.69. The van der Waals surface area contributed by atoms with Crippen LogP contribution < -0.4 is 4.74 Å². The molecule has 0 amide bonds. The summed E-state index contributed by atoms with van der Waals surface area (Å²) in [6, 6.07) is 15.6. The van der Waals surface area contributed by atoms with E-state index in [1.807, 2.05) is 66.0 Å². The van der Waals surface area contributed by atoms with Crippen molar-refractivity contribution >= 4 is 28.5 Å². The minimum Gasteiger partial charge on any atom is -0.496 e. The Morgan fingerprint density at radius 2 is 1.86 bits per heavy atom. The third-order valence-electron chi connectivity index (χ3n) is 4.80. The van der Waals surface area contributed by atoms with Gasteiger partial charge >= 0.3 is 0 Å². The number of ether oxygens (including phenoxy) is 1. The average Bonchev–Trinajstić information content (AvgIpc) is 3.20. The van der Waals surface area contributed by atoms with Crippen molar-refractivity contribution in [2.24, 2.45) is 0 Å². The Balaban J connectivity index is 1.86. The van der Waals surface area contributed by atoms with E-state index in [1.165, 1.54) is 0 Å². The number of hydrogen-bond donors (Lipinski definition) is 0. The molecule has 5 nitrogen and oxygen atoms in total. The van der Waals surface area contributed by atoms with E-state index in [-0.39, 0.29) is 5.78 Å². The van der Waals surface area contributed by atoms with Gasteiger partial charge in [-0.1, -0.05) is 36.4 Å². The van der Waals surface area contributed by atoms with Crippen LogP contribution in [0.1, 0.15) is 21.6 Å². The van der Waals surface area contributed by atoms with Crippen molar-refractivity contribution < 1.29 is 9.53 Å². The summed E-state index contributed by atoms with van der Waals surface area (Å²) < 4.78 is 9.28. The fraction of sp³-hybridized carbons (Fsp3) is 0.130. The minimum absolute atomic E-state index is 0.0912. The molecule has 5 heteroatoms. The zero-order valence-electron chi connectivity index (χ0n) is 15.9. The van der Waals surface area contributed by atoms with Crippen molar-refractivity contribution in [3.8, 4) is 5.75 Å². The first-order chi connectivity index (χ1) is 13.7. The highest BCUT2D eigenvalue weighted by Crippen LogP contribution is 2.27. The number of methoxy groups -OCH3 is 1. The van der Waals surface area contributed by atoms with Crippen LogP contribution in [0.15, 0.2) is 67.3 Å². The van der Waals surface area contributed by atoms with Gasteiger partial charge in [0.2, 0.25) is 0 Å². The smallest absolute Gasteiger partial charge is 0.191 e. The van der Waals surface area contributed by atoms with Gasteiger partial charge in [0.25, 0.3) is 0 Å². The summed E-state index contributed by atoms with van der Waals surface area (Å²) in [4.78, 5) is 13.1. The van der Waals surface area contributed by atoms with E-state index in [0.29, 0.717) is 17.8 Å². The lowest BCUT2D eigenvalue weighted by Crippen LogP contribution is -2.02. The third kappa shape index (κ3) is 2.81. The van der Waals surface area contributed by atoms with Gasteiger partial charge in [-0.05, 0) is 37.3 Å². The number of imidazole rings is 1. The molecule has 0 unspecified atom stereocenters. The zero-order chi connectivity index (χ0) is 19.7. The van der Waals surface area contributed by atoms with Crippen molar-refractivity contribution in [2.45, 2.75) is 13.5 Å². The van der Waals surface area contributed by atoms with Crippen LogP contribution in [0.3, 0.4) is 0 Å². The van der Waals surface area contributed by atoms with Gasteiger partial charge in [-0.15, -0.1) is 6.58 Å². The standard InChI is InChI=1S/C23H21N3O2/c1-4-15-25-18-10-6-7-11-19(18)26-23(25)22(16(2)24-26)20(27)14-13-17-9-5-8-12-21(17)28-3/h4-14H,1,15H2,2-3H3/b14-13+. The second kappa shape index (κ2) is 7.19. The molecule has 0 bridgehead atoms. The Morgan fingerprint density at radius 3 is 2.61 bits per heavy atom. The molecule has 0 fully saturated rings. The first kappa shape index (κ1) is 17.8. The maximum atomic E-state index is 13.1. The number of benzene rings is 2. The quantitative estimate of drug-likeness (QED) is 0.281. The number of rotatable bonds is 6. The van der Waals surface area contributed by atoms with Crippen LogP contribution in [0.4, 0.5) is 0 Å². The van der Waals surface area contributed by atoms with Crippen molar-refractivity contribution in [1.82, 2.24) is 14.2 Å². The molecule has 0 aliphatic rings. The molecule has 2 aromatic carbocycles. The summed E-state index contributed by atoms with van der Waals surface area (Å²) in [6.07, 6.45) is 5.19. The number of aryl methyl sites for hydroxylation is 1. The normalized spacial score (nSPS) is 11.5. The molecule has 0 radical (unpaired) electrons. The van der Waals surface area contributed by atoms with E-state index >= 15 is 0 Å². The van der Waals surface area contributed by atoms with Crippen LogP contribution in [0.25, 0.3) is 22.8 Å². The van der Waals surface area contributed by atoms with Gasteiger partial charge < -0.3 is 9.30 Å². The first-order valence-corrected chi connectivity index (χ1v) is 9.08. The maximum absolute atomic E-state index is 13.1. The average molecular weight is 371 g/mol. The summed E-state index contributed by atoms with van der Waals surface area (Å²) in [5, 5.41) is 4.64. The van der Waals surface area contributed by atoms with Gasteiger partial charge in [-0.2, -0.15) is 5.10 Å². The van der Waals surface area contributed by atoms with Crippen LogP contribution in [0, 0.1) is 6.92 Å². The highest BCUT2D eigenvalue weighted by Gasteiger charge is 2.21. The van der Waals surface area contributed by atoms with E-state index < -0.39 is 0 Å². The molecule has 28 heavy (non-hydrogen) atoms. The molecule has 0 aliphatic heterocycles. The second-order valence-electron chi connectivity index (χ2n) is 6.52. The van der Waals surface area contributed by atoms with Crippen molar-refractivity contribution in [3.63, 3.8) is 0 Å². The highest BCUT2D eigenvalue weighted by atomic mass is 16.5. The highest BCUT2D eigenvalue weighted by molar-refractivity contribution is 6.12. The monoisotopic (exact) mass is 371 g/mol. The van der Waals surface area contributed by atoms with Gasteiger partial charge in [-0.3, -0.25) is 4.79 Å². The van der Waals surface area contributed by atoms with Gasteiger partial charge in [0.05, 0.1) is 29.4 Å². The van der Waals surface area contributed by atoms with Crippen molar-refractivity contribution in [1.29, 1.82) is 0 Å². The van der Waals surface area contributed by atoms with Crippen LogP contribution in [-0.2, 0) is 6.54 Å². The molecule has 4 aromatic rings. The number of aromatic nitrogens is 3. The molecular weight excluding hydrogens is 350 g/mol. The number of nitrogens with zero attached hydrogens (tertiary/aromatic N) is 3. The zero-order valence-corrected chi connectivity index (χ0v) is 15.9. The number of carbonyl (C=O) groups excluding carboxylic acids is 1. The summed E-state index contributed by atoms with van der Waals surface area (Å²) in [6.45, 7) is 6.32. The summed E-state index contributed by atoms with van der Waals surface area (Å²) in [5.74, 6) is 0.635. The fourth-order valence-corrected chi connectivity index (χ4v) is 3.57. The molecular formula is C23H21N3O2. The van der Waals surface area contributed by atoms with Gasteiger partial charge in [0.15, 0.2) is 5.78 Å². The van der Waals surface area contributed by atoms with Crippen LogP contribution in [0.2, 0.25) is 0 Å². The minimum atomic E-state index is -0.0912. The number of hydrogen-bond acceptors (Lipinski definition) is 3. The molecule has 2 heterocycles. The molecule has 0 saturated carbocycles. The number of fused-ring (bicyclic) bond motifs is 3. The SMILES string of the molecule is C=CCn1c2ccccc2n2nc(C)c(C(=O)/C=C/c3ccccc3OC)c12. The van der Waals surface area contributed by atoms with Gasteiger partial charge in [0.1, 0.15) is 11.4 Å². The van der Waals surface area contributed by atoms with Gasteiger partial charge in [-0.25, -0.2) is 4.52 Å². The first-order valence-electron chi connectivity index (χ1n) is 9.08. The fourth-order valence-electron chi connectivity index (χ4n) is 3.57. The topological polar surface area (TPSA) is 48.5 Å². The number of allylic oxidation sites excluding steroid dienone is 2. The molecule has 0 N–H and O–H groups in total. The van der Waals surface area contributed by atoms with E-state index in [4.69, 9.17) is 4.74 Å². The number of para-hydroxylation sites is 3. The van der Waals surface area contributed by atoms with E-state index in [2.05, 4.69) is 16.2 Å². The van der Waals surface area contributed by atoms with Crippen LogP contribution >= 0.6 is 0 Å². The van der Waals surface area contributed by atoms with Crippen molar-refractivity contribution in [3.05, 3.63) is 84.1 Å². The largest absolute Gasteiger partial charge is 0.496 e. The molecule has 0 aliphatic carbocycles. The molecule has 0 atom stereocenters. The molecule has 0 spiro atoms. The molecule has 140 valence electrons. The lowest BCUT2D eigenvalue weighted by atomic mass is 10.1. The maximum Gasteiger partial charge on any atom is 0.191 e. The summed E-state index contributed by atoms with van der Waals surface area (Å²) in [7, 11) is 1.62. The van der Waals surface area contributed by atoms with E-state index in [0.717, 1.165) is 28.0 Å². The Kier molecular flexibility index (Phi) is 4.57. The second-order valence-corrected chi connectivity index (χ2v) is 6.52. The summed E-state index contributed by atoms with van der Waals surface area (Å²) in [5.41, 5.74) is 4.93. The van der Waals surface area contributed by atoms with Crippen LogP contribution in [0.5, 0.6) is 5.75 Å². The number of ketones is 1. The lowest BCUT2D eigenvalue weighted by Gasteiger charge is -2.04. The Hall–Kier alpha value is -3.60. The Labute approximate surface area is 163 Å². The van der Waals surface area contributed by atoms with Crippen LogP contribution in [-0.4, -0.2) is 27.1 Å². The Morgan fingerprint density at radius 1 is 1.14 bits per heavy atom. The van der Waals surface area contributed by atoms with E-state index in [9.17, 15) is 4.79 Å². The van der Waals surface area contributed by atoms with E-state index in [1.54, 1.807) is 19.3 Å². The molecule has 2 aromatic heterocycles. The molecule has 4 rings (SSSR count). The number of carbonyl (C=O) groups is 1. The summed E-state index contributed by atoms with van der Waals surface area (Å²) >= 11 is 0. The Bertz CT molecular complexity index is 1230. The lowest BCUT2D eigenvalue weighted by molar-refractivity contribution is 0.104. The third-order valence-corrected chi connectivity index (χ3v) is 4.80.